The molecule has 0 saturated carbocycles. The topological polar surface area (TPSA) is 52.6 Å². The van der Waals surface area contributed by atoms with E-state index in [1.54, 1.807) is 48.5 Å². The fourth-order valence-electron chi connectivity index (χ4n) is 3.65. The highest BCUT2D eigenvalue weighted by atomic mass is 35.5. The van der Waals surface area contributed by atoms with Crippen LogP contribution in [-0.2, 0) is 0 Å². The van der Waals surface area contributed by atoms with Gasteiger partial charge in [0.15, 0.2) is 0 Å². The van der Waals surface area contributed by atoms with E-state index in [2.05, 4.69) is 0 Å². The number of halogens is 2. The van der Waals surface area contributed by atoms with Crippen LogP contribution in [0.3, 0.4) is 0 Å². The SMILES string of the molecule is O=C(Cl)c1ccc(Oc2ccc3c(c2)=c2cccc(Oc4ccc(C(=O)Cl)cc4)c2=3)cc1. The van der Waals surface area contributed by atoms with E-state index in [1.807, 2.05) is 36.4 Å². The number of hydrogen-bond acceptors (Lipinski definition) is 4. The third-order valence-electron chi connectivity index (χ3n) is 5.20. The van der Waals surface area contributed by atoms with Crippen LogP contribution in [-0.4, -0.2) is 10.5 Å². The molecular formula is C26H14Cl2O4. The molecule has 0 unspecified atom stereocenters. The van der Waals surface area contributed by atoms with Gasteiger partial charge in [-0.3, -0.25) is 9.59 Å². The maximum absolute atomic E-state index is 11.2. The van der Waals surface area contributed by atoms with E-state index in [0.717, 1.165) is 26.6 Å². The Morgan fingerprint density at radius 2 is 1.12 bits per heavy atom. The van der Waals surface area contributed by atoms with Gasteiger partial charge in [0.1, 0.15) is 23.0 Å². The van der Waals surface area contributed by atoms with Crippen molar-refractivity contribution in [3.63, 3.8) is 0 Å². The fourth-order valence-corrected chi connectivity index (χ4v) is 3.91. The largest absolute Gasteiger partial charge is 0.457 e. The first-order valence-corrected chi connectivity index (χ1v) is 10.5. The lowest BCUT2D eigenvalue weighted by molar-refractivity contribution is 0.107. The standard InChI is InChI=1S/C26H14Cl2O4/c27-25(29)15-4-8-17(9-5-15)31-19-12-13-21-22(14-19)20-2-1-3-23(24(20)21)32-18-10-6-16(7-11-18)26(28)30/h1-14H. The van der Waals surface area contributed by atoms with Crippen LogP contribution in [0.2, 0.25) is 0 Å². The monoisotopic (exact) mass is 460 g/mol. The Hall–Kier alpha value is -3.60. The van der Waals surface area contributed by atoms with E-state index in [-0.39, 0.29) is 0 Å². The van der Waals surface area contributed by atoms with Crippen LogP contribution in [0, 0.1) is 20.9 Å². The van der Waals surface area contributed by atoms with Gasteiger partial charge in [-0.25, -0.2) is 0 Å². The first-order valence-electron chi connectivity index (χ1n) is 9.73. The first-order chi connectivity index (χ1) is 15.5. The van der Waals surface area contributed by atoms with Crippen LogP contribution in [0.25, 0.3) is 0 Å². The van der Waals surface area contributed by atoms with Gasteiger partial charge in [-0.2, -0.15) is 0 Å². The van der Waals surface area contributed by atoms with E-state index in [9.17, 15) is 9.59 Å². The summed E-state index contributed by atoms with van der Waals surface area (Å²) in [6.07, 6.45) is 0. The lowest BCUT2D eigenvalue weighted by Crippen LogP contribution is -1.97. The molecule has 1 aliphatic carbocycles. The number of fused-ring (bicyclic) bond motifs is 2. The molecule has 32 heavy (non-hydrogen) atoms. The average Bonchev–Trinajstić information content (AvgIpc) is 2.78. The summed E-state index contributed by atoms with van der Waals surface area (Å²) < 4.78 is 12.0. The van der Waals surface area contributed by atoms with Crippen molar-refractivity contribution in [3.8, 4) is 23.0 Å². The quantitative estimate of drug-likeness (QED) is 0.258. The summed E-state index contributed by atoms with van der Waals surface area (Å²) in [7, 11) is 0. The summed E-state index contributed by atoms with van der Waals surface area (Å²) in [5.74, 6) is 2.65. The van der Waals surface area contributed by atoms with Crippen molar-refractivity contribution < 1.29 is 19.1 Å². The van der Waals surface area contributed by atoms with Crippen LogP contribution >= 0.6 is 23.2 Å². The molecule has 6 heteroatoms. The Balaban J connectivity index is 1.45. The molecule has 156 valence electrons. The maximum atomic E-state index is 11.2. The zero-order valence-corrected chi connectivity index (χ0v) is 18.0. The van der Waals surface area contributed by atoms with E-state index in [4.69, 9.17) is 32.7 Å². The summed E-state index contributed by atoms with van der Waals surface area (Å²) in [5, 5.41) is 3.22. The van der Waals surface area contributed by atoms with Gasteiger partial charge in [-0.05, 0) is 112 Å². The first kappa shape index (κ1) is 20.3. The Morgan fingerprint density at radius 3 is 1.72 bits per heavy atom. The van der Waals surface area contributed by atoms with Crippen molar-refractivity contribution in [2.45, 2.75) is 0 Å². The van der Waals surface area contributed by atoms with Crippen LogP contribution in [0.4, 0.5) is 0 Å². The second-order valence-corrected chi connectivity index (χ2v) is 7.87. The van der Waals surface area contributed by atoms with Gasteiger partial charge in [0.2, 0.25) is 0 Å². The number of hydrogen-bond donors (Lipinski definition) is 0. The van der Waals surface area contributed by atoms with Crippen molar-refractivity contribution in [2.24, 2.45) is 0 Å². The van der Waals surface area contributed by atoms with Crippen molar-refractivity contribution in [2.75, 3.05) is 0 Å². The molecule has 0 aromatic heterocycles. The Morgan fingerprint density at radius 1 is 0.562 bits per heavy atom. The van der Waals surface area contributed by atoms with Gasteiger partial charge in [0.05, 0.1) is 0 Å². The minimum atomic E-state index is -0.504. The number of carbonyl (C=O) groups excluding carboxylic acids is 2. The van der Waals surface area contributed by atoms with E-state index in [1.165, 1.54) is 0 Å². The number of carbonyl (C=O) groups is 2. The van der Waals surface area contributed by atoms with E-state index < -0.39 is 10.5 Å². The van der Waals surface area contributed by atoms with Crippen molar-refractivity contribution in [1.29, 1.82) is 0 Å². The lowest BCUT2D eigenvalue weighted by Gasteiger charge is -2.13. The highest BCUT2D eigenvalue weighted by molar-refractivity contribution is 6.68. The van der Waals surface area contributed by atoms with E-state index >= 15 is 0 Å². The maximum Gasteiger partial charge on any atom is 0.252 e. The second-order valence-electron chi connectivity index (χ2n) is 7.19. The molecule has 0 fully saturated rings. The number of rotatable bonds is 6. The molecule has 0 heterocycles. The van der Waals surface area contributed by atoms with Crippen molar-refractivity contribution in [3.05, 3.63) is 117 Å². The average molecular weight is 461 g/mol. The van der Waals surface area contributed by atoms with Crippen LogP contribution in [0.1, 0.15) is 20.7 Å². The molecule has 4 nitrogen and oxygen atoms in total. The number of benzene rings is 4. The molecule has 0 N–H and O–H groups in total. The predicted molar refractivity (Wildman–Crippen MR) is 122 cm³/mol. The third-order valence-corrected chi connectivity index (χ3v) is 5.64. The Labute approximate surface area is 192 Å². The minimum absolute atomic E-state index is 0.418. The zero-order chi connectivity index (χ0) is 22.2. The predicted octanol–water partition coefficient (Wildman–Crippen LogP) is 6.92. The van der Waals surface area contributed by atoms with Crippen LogP contribution < -0.4 is 9.47 Å². The van der Waals surface area contributed by atoms with Gasteiger partial charge >= 0.3 is 0 Å². The summed E-state index contributed by atoms with van der Waals surface area (Å²) in [4.78, 5) is 22.4. The fraction of sp³-hybridized carbons (Fsp3) is 0. The van der Waals surface area contributed by atoms with Crippen molar-refractivity contribution in [1.82, 2.24) is 0 Å². The second kappa shape index (κ2) is 8.15. The van der Waals surface area contributed by atoms with Gasteiger partial charge in [0.25, 0.3) is 10.5 Å². The van der Waals surface area contributed by atoms with Crippen molar-refractivity contribution >= 4 is 33.7 Å². The van der Waals surface area contributed by atoms with Gasteiger partial charge in [-0.15, -0.1) is 0 Å². The highest BCUT2D eigenvalue weighted by Gasteiger charge is 2.11. The normalized spacial score (nSPS) is 11.1. The van der Waals surface area contributed by atoms with Gasteiger partial charge in [-0.1, -0.05) is 12.1 Å². The Kier molecular flexibility index (Phi) is 5.17. The molecule has 0 amide bonds. The molecule has 5 rings (SSSR count). The smallest absolute Gasteiger partial charge is 0.252 e. The van der Waals surface area contributed by atoms with Gasteiger partial charge in [0, 0.05) is 16.3 Å². The summed E-state index contributed by atoms with van der Waals surface area (Å²) in [6, 6.07) is 25.1. The van der Waals surface area contributed by atoms with Gasteiger partial charge < -0.3 is 9.47 Å². The third kappa shape index (κ3) is 3.75. The molecule has 4 aromatic rings. The summed E-state index contributed by atoms with van der Waals surface area (Å²) >= 11 is 11.0. The highest BCUT2D eigenvalue weighted by Crippen LogP contribution is 2.30. The molecule has 4 aromatic carbocycles. The Bertz CT molecular complexity index is 1560. The molecule has 0 atom stereocenters. The molecule has 1 aliphatic rings. The zero-order valence-electron chi connectivity index (χ0n) is 16.5. The molecular weight excluding hydrogens is 447 g/mol. The lowest BCUT2D eigenvalue weighted by atomic mass is 10.0. The minimum Gasteiger partial charge on any atom is -0.457 e. The molecule has 0 spiro atoms. The summed E-state index contributed by atoms with van der Waals surface area (Å²) in [5.41, 5.74) is 0.836. The van der Waals surface area contributed by atoms with E-state index in [0.29, 0.717) is 28.4 Å². The van der Waals surface area contributed by atoms with Crippen LogP contribution in [0.15, 0.2) is 84.9 Å². The summed E-state index contributed by atoms with van der Waals surface area (Å²) in [6.45, 7) is 0. The molecule has 0 radical (unpaired) electrons. The number of ether oxygens (including phenoxy) is 2. The molecule has 0 saturated heterocycles. The molecule has 0 aliphatic heterocycles. The molecule has 0 bridgehead atoms. The van der Waals surface area contributed by atoms with Crippen LogP contribution in [0.5, 0.6) is 23.0 Å².